The standard InChI is InChI=1S/C16H16Cl2FN3O4/c17-4-12(23)21-22-14(25)15-6-16(7-15,8-15)20-13(24)5-26-9-1-2-10(18)11(19)3-9/h1-3H,4-8H2,(H,20,24)(H,21,23)(H,22,25). The molecule has 0 radical (unpaired) electrons. The Labute approximate surface area is 158 Å². The first-order valence-corrected chi connectivity index (χ1v) is 8.73. The molecule has 0 spiro atoms. The molecule has 0 aliphatic heterocycles. The van der Waals surface area contributed by atoms with Crippen LogP contribution in [0, 0.1) is 11.2 Å². The zero-order valence-corrected chi connectivity index (χ0v) is 15.0. The zero-order chi connectivity index (χ0) is 18.9. The summed E-state index contributed by atoms with van der Waals surface area (Å²) in [5, 5.41) is 2.81. The van der Waals surface area contributed by atoms with Gasteiger partial charge in [-0.05, 0) is 31.4 Å². The van der Waals surface area contributed by atoms with Crippen molar-refractivity contribution < 1.29 is 23.5 Å². The summed E-state index contributed by atoms with van der Waals surface area (Å²) in [7, 11) is 0. The summed E-state index contributed by atoms with van der Waals surface area (Å²) in [5.41, 5.74) is 3.57. The van der Waals surface area contributed by atoms with Crippen molar-refractivity contribution >= 4 is 40.9 Å². The molecular formula is C16H16Cl2FN3O4. The number of alkyl halides is 1. The maximum Gasteiger partial charge on any atom is 0.258 e. The average Bonchev–Trinajstić information content (AvgIpc) is 2.55. The highest BCUT2D eigenvalue weighted by Gasteiger charge is 2.72. The molecule has 3 amide bonds. The van der Waals surface area contributed by atoms with Crippen molar-refractivity contribution in [2.45, 2.75) is 24.8 Å². The molecule has 3 aliphatic rings. The average molecular weight is 404 g/mol. The Bertz CT molecular complexity index is 754. The molecule has 10 heteroatoms. The van der Waals surface area contributed by atoms with Crippen LogP contribution in [0.4, 0.5) is 4.39 Å². The number of hydrogen-bond acceptors (Lipinski definition) is 4. The van der Waals surface area contributed by atoms with E-state index in [0.717, 1.165) is 6.07 Å². The highest BCUT2D eigenvalue weighted by molar-refractivity contribution is 6.30. The Kier molecular flexibility index (Phi) is 4.98. The summed E-state index contributed by atoms with van der Waals surface area (Å²) >= 11 is 10.9. The molecule has 0 heterocycles. The van der Waals surface area contributed by atoms with Crippen LogP contribution < -0.4 is 20.9 Å². The lowest BCUT2D eigenvalue weighted by Crippen LogP contribution is -2.79. The number of hydrazine groups is 1. The van der Waals surface area contributed by atoms with E-state index < -0.39 is 22.7 Å². The van der Waals surface area contributed by atoms with Crippen LogP contribution in [0.3, 0.4) is 0 Å². The van der Waals surface area contributed by atoms with Crippen molar-refractivity contribution in [3.63, 3.8) is 0 Å². The third-order valence-electron chi connectivity index (χ3n) is 4.61. The van der Waals surface area contributed by atoms with Gasteiger partial charge in [0.2, 0.25) is 5.91 Å². The van der Waals surface area contributed by atoms with Crippen molar-refractivity contribution in [2.24, 2.45) is 5.41 Å². The number of ether oxygens (including phenoxy) is 1. The minimum absolute atomic E-state index is 0.0264. The lowest BCUT2D eigenvalue weighted by molar-refractivity contribution is -0.185. The minimum Gasteiger partial charge on any atom is -0.484 e. The Morgan fingerprint density at radius 1 is 1.15 bits per heavy atom. The second-order valence-electron chi connectivity index (χ2n) is 6.64. The monoisotopic (exact) mass is 403 g/mol. The molecule has 4 rings (SSSR count). The number of carbonyl (C=O) groups is 3. The summed E-state index contributed by atoms with van der Waals surface area (Å²) in [4.78, 5) is 35.1. The molecule has 0 atom stereocenters. The van der Waals surface area contributed by atoms with Crippen LogP contribution in [0.1, 0.15) is 19.3 Å². The lowest BCUT2D eigenvalue weighted by Gasteiger charge is -2.68. The Balaban J connectivity index is 1.41. The number of rotatable bonds is 6. The van der Waals surface area contributed by atoms with Gasteiger partial charge in [0.15, 0.2) is 6.61 Å². The zero-order valence-electron chi connectivity index (χ0n) is 13.5. The molecule has 3 N–H and O–H groups in total. The first-order chi connectivity index (χ1) is 12.3. The van der Waals surface area contributed by atoms with Gasteiger partial charge >= 0.3 is 0 Å². The van der Waals surface area contributed by atoms with Gasteiger partial charge in [0.25, 0.3) is 11.8 Å². The van der Waals surface area contributed by atoms with E-state index in [1.54, 1.807) is 0 Å². The Morgan fingerprint density at radius 2 is 1.85 bits per heavy atom. The quantitative estimate of drug-likeness (QED) is 0.492. The van der Waals surface area contributed by atoms with Gasteiger partial charge < -0.3 is 10.1 Å². The molecule has 0 aromatic heterocycles. The van der Waals surface area contributed by atoms with Crippen molar-refractivity contribution in [2.75, 3.05) is 12.5 Å². The fourth-order valence-electron chi connectivity index (χ4n) is 3.50. The van der Waals surface area contributed by atoms with Crippen molar-refractivity contribution in [3.8, 4) is 5.75 Å². The van der Waals surface area contributed by atoms with Crippen LogP contribution in [0.5, 0.6) is 5.75 Å². The lowest BCUT2D eigenvalue weighted by atomic mass is 9.39. The maximum atomic E-state index is 13.3. The molecule has 7 nitrogen and oxygen atoms in total. The summed E-state index contributed by atoms with van der Waals surface area (Å²) in [5.74, 6) is -1.82. The number of benzene rings is 1. The fourth-order valence-corrected chi connectivity index (χ4v) is 3.69. The van der Waals surface area contributed by atoms with Gasteiger partial charge in [-0.15, -0.1) is 11.6 Å². The van der Waals surface area contributed by atoms with Crippen molar-refractivity contribution in [1.82, 2.24) is 16.2 Å². The number of hydrogen-bond donors (Lipinski definition) is 3. The first kappa shape index (κ1) is 18.7. The summed E-state index contributed by atoms with van der Waals surface area (Å²) < 4.78 is 18.5. The normalized spacial score (nSPS) is 25.3. The highest BCUT2D eigenvalue weighted by Crippen LogP contribution is 2.67. The fraction of sp³-hybridized carbons (Fsp3) is 0.438. The Hall–Kier alpha value is -2.06. The molecule has 0 unspecified atom stereocenters. The molecule has 1 aromatic rings. The molecule has 0 saturated heterocycles. The van der Waals surface area contributed by atoms with E-state index in [-0.39, 0.29) is 35.1 Å². The molecule has 140 valence electrons. The summed E-state index contributed by atoms with van der Waals surface area (Å²) in [6.07, 6.45) is 1.47. The third-order valence-corrected chi connectivity index (χ3v) is 5.16. The number of amides is 3. The van der Waals surface area contributed by atoms with E-state index in [1.165, 1.54) is 12.1 Å². The predicted octanol–water partition coefficient (Wildman–Crippen LogP) is 1.28. The van der Waals surface area contributed by atoms with E-state index in [0.29, 0.717) is 19.3 Å². The second-order valence-corrected chi connectivity index (χ2v) is 7.31. The van der Waals surface area contributed by atoms with Crippen LogP contribution in [0.15, 0.2) is 18.2 Å². The van der Waals surface area contributed by atoms with Crippen molar-refractivity contribution in [3.05, 3.63) is 29.0 Å². The van der Waals surface area contributed by atoms with E-state index in [9.17, 15) is 18.8 Å². The van der Waals surface area contributed by atoms with E-state index >= 15 is 0 Å². The number of carbonyl (C=O) groups excluding carboxylic acids is 3. The molecular weight excluding hydrogens is 388 g/mol. The van der Waals surface area contributed by atoms with Crippen LogP contribution in [-0.4, -0.2) is 35.7 Å². The van der Waals surface area contributed by atoms with Gasteiger partial charge in [-0.2, -0.15) is 0 Å². The summed E-state index contributed by atoms with van der Waals surface area (Å²) in [6.45, 7) is -0.270. The van der Waals surface area contributed by atoms with Crippen LogP contribution >= 0.6 is 23.2 Å². The minimum atomic E-state index is -0.627. The van der Waals surface area contributed by atoms with E-state index in [1.807, 2.05) is 0 Å². The molecule has 3 fully saturated rings. The maximum absolute atomic E-state index is 13.3. The molecule has 3 saturated carbocycles. The third kappa shape index (κ3) is 3.57. The molecule has 3 aliphatic carbocycles. The van der Waals surface area contributed by atoms with Gasteiger partial charge in [-0.1, -0.05) is 11.6 Å². The van der Waals surface area contributed by atoms with Crippen LogP contribution in [-0.2, 0) is 14.4 Å². The SMILES string of the molecule is O=C(CCl)NNC(=O)C12CC(NC(=O)COc3ccc(Cl)c(F)c3)(C1)C2. The molecule has 1 aromatic carbocycles. The van der Waals surface area contributed by atoms with Crippen molar-refractivity contribution in [1.29, 1.82) is 0 Å². The predicted molar refractivity (Wildman–Crippen MR) is 91.1 cm³/mol. The summed E-state index contributed by atoms with van der Waals surface area (Å²) in [6, 6.07) is 3.91. The number of nitrogens with one attached hydrogen (secondary N) is 3. The smallest absolute Gasteiger partial charge is 0.258 e. The highest BCUT2D eigenvalue weighted by atomic mass is 35.5. The first-order valence-electron chi connectivity index (χ1n) is 7.82. The van der Waals surface area contributed by atoms with E-state index in [2.05, 4.69) is 16.2 Å². The largest absolute Gasteiger partial charge is 0.484 e. The molecule has 2 bridgehead atoms. The molecule has 26 heavy (non-hydrogen) atoms. The topological polar surface area (TPSA) is 96.5 Å². The second kappa shape index (κ2) is 6.92. The van der Waals surface area contributed by atoms with Gasteiger partial charge in [0.05, 0.1) is 10.4 Å². The van der Waals surface area contributed by atoms with Crippen LogP contribution in [0.25, 0.3) is 0 Å². The van der Waals surface area contributed by atoms with Crippen LogP contribution in [0.2, 0.25) is 5.02 Å². The van der Waals surface area contributed by atoms with E-state index in [4.69, 9.17) is 27.9 Å². The van der Waals surface area contributed by atoms with Gasteiger partial charge in [0, 0.05) is 11.6 Å². The Morgan fingerprint density at radius 3 is 2.46 bits per heavy atom. The van der Waals surface area contributed by atoms with Gasteiger partial charge in [-0.25, -0.2) is 4.39 Å². The van der Waals surface area contributed by atoms with Gasteiger partial charge in [-0.3, -0.25) is 25.2 Å². The van der Waals surface area contributed by atoms with Gasteiger partial charge in [0.1, 0.15) is 17.4 Å². The number of halogens is 3.